The van der Waals surface area contributed by atoms with Crippen LogP contribution in [0.25, 0.3) is 16.9 Å². The van der Waals surface area contributed by atoms with Crippen molar-refractivity contribution >= 4 is 33.4 Å². The van der Waals surface area contributed by atoms with Crippen molar-refractivity contribution in [3.8, 4) is 16.9 Å². The van der Waals surface area contributed by atoms with Crippen LogP contribution in [0.2, 0.25) is 0 Å². The van der Waals surface area contributed by atoms with Gasteiger partial charge in [-0.3, -0.25) is 23.6 Å². The van der Waals surface area contributed by atoms with E-state index in [9.17, 15) is 27.6 Å². The quantitative estimate of drug-likeness (QED) is 0.221. The van der Waals surface area contributed by atoms with E-state index in [2.05, 4.69) is 31.2 Å². The molecular weight excluding hydrogens is 765 g/mol. The van der Waals surface area contributed by atoms with Gasteiger partial charge in [0.05, 0.1) is 23.6 Å². The maximum absolute atomic E-state index is 14.4. The van der Waals surface area contributed by atoms with Crippen LogP contribution < -0.4 is 15.9 Å². The molecule has 2 aromatic heterocycles. The molecule has 2 amide bonds. The molecule has 54 heavy (non-hydrogen) atoms. The van der Waals surface area contributed by atoms with Crippen LogP contribution in [0.3, 0.4) is 0 Å². The minimum absolute atomic E-state index is 0.00413. The highest BCUT2D eigenvalue weighted by molar-refractivity contribution is 9.10. The first-order chi connectivity index (χ1) is 25.8. The van der Waals surface area contributed by atoms with Crippen LogP contribution in [0, 0.1) is 6.92 Å². The van der Waals surface area contributed by atoms with Crippen LogP contribution in [0.4, 0.5) is 18.9 Å². The molecule has 0 unspecified atom stereocenters. The Labute approximate surface area is 318 Å². The number of nitrogens with zero attached hydrogens (tertiary/aromatic N) is 7. The molecule has 0 spiro atoms. The average Bonchev–Trinajstić information content (AvgIpc) is 3.45. The third kappa shape index (κ3) is 7.17. The summed E-state index contributed by atoms with van der Waals surface area (Å²) in [4.78, 5) is 55.6. The SMILES string of the molecule is Cc1cc(C(=O)N2Cc3c(C(=O)NCc4ccccc4-c4ccncn4)n(-c4ccc(N5CCN(C)[C@H](C(F)(F)F)C5)cc4)c(=O)n3C[C@@H]2C)ccc1Br. The Kier molecular flexibility index (Phi) is 10.2. The normalized spacial score (nSPS) is 17.7. The number of nitrogens with one attached hydrogen (secondary N) is 1. The first-order valence-corrected chi connectivity index (χ1v) is 18.3. The lowest BCUT2D eigenvalue weighted by atomic mass is 10.0. The molecule has 2 atom stereocenters. The van der Waals surface area contributed by atoms with Crippen molar-refractivity contribution in [1.82, 2.24) is 34.2 Å². The second-order valence-corrected chi connectivity index (χ2v) is 14.6. The highest BCUT2D eigenvalue weighted by Gasteiger charge is 2.45. The number of alkyl halides is 3. The number of carbonyl (C=O) groups is 2. The summed E-state index contributed by atoms with van der Waals surface area (Å²) in [6.45, 7) is 4.41. The van der Waals surface area contributed by atoms with Crippen LogP contribution in [-0.4, -0.2) is 85.7 Å². The molecule has 0 radical (unpaired) electrons. The second kappa shape index (κ2) is 14.9. The van der Waals surface area contributed by atoms with Crippen molar-refractivity contribution in [2.75, 3.05) is 31.6 Å². The smallest absolute Gasteiger partial charge is 0.368 e. The lowest BCUT2D eigenvalue weighted by Crippen LogP contribution is -2.57. The number of imidazole rings is 1. The van der Waals surface area contributed by atoms with Crippen LogP contribution in [0.15, 0.2) is 94.6 Å². The van der Waals surface area contributed by atoms with Gasteiger partial charge in [0, 0.05) is 66.2 Å². The van der Waals surface area contributed by atoms with Crippen LogP contribution in [0.1, 0.15) is 44.6 Å². The zero-order chi connectivity index (χ0) is 38.3. The zero-order valence-electron chi connectivity index (χ0n) is 29.8. The van der Waals surface area contributed by atoms with Gasteiger partial charge in [0.15, 0.2) is 0 Å². The Morgan fingerprint density at radius 2 is 1.72 bits per heavy atom. The van der Waals surface area contributed by atoms with Crippen LogP contribution in [0.5, 0.6) is 0 Å². The number of hydrogen-bond acceptors (Lipinski definition) is 7. The number of benzene rings is 3. The molecule has 7 rings (SSSR count). The summed E-state index contributed by atoms with van der Waals surface area (Å²) in [6, 6.07) is 19.3. The Morgan fingerprint density at radius 1 is 0.981 bits per heavy atom. The second-order valence-electron chi connectivity index (χ2n) is 13.7. The summed E-state index contributed by atoms with van der Waals surface area (Å²) >= 11 is 3.49. The molecule has 5 aromatic rings. The van der Waals surface area contributed by atoms with E-state index in [1.54, 1.807) is 58.5 Å². The lowest BCUT2D eigenvalue weighted by molar-refractivity contribution is -0.180. The summed E-state index contributed by atoms with van der Waals surface area (Å²) in [5, 5.41) is 3.00. The maximum Gasteiger partial charge on any atom is 0.405 e. The van der Waals surface area contributed by atoms with E-state index in [-0.39, 0.29) is 50.4 Å². The van der Waals surface area contributed by atoms with Gasteiger partial charge in [-0.1, -0.05) is 40.2 Å². The Bertz CT molecular complexity index is 2260. The number of carbonyl (C=O) groups excluding carboxylic acids is 2. The molecule has 11 nitrogen and oxygen atoms in total. The fraction of sp³-hybridized carbons (Fsp3) is 0.308. The number of halogens is 4. The molecule has 4 heterocycles. The number of likely N-dealkylation sites (N-methyl/N-ethyl adjacent to an activating group) is 1. The molecule has 3 aromatic carbocycles. The Hall–Kier alpha value is -5.28. The van der Waals surface area contributed by atoms with Crippen molar-refractivity contribution in [1.29, 1.82) is 0 Å². The van der Waals surface area contributed by atoms with E-state index in [0.717, 1.165) is 21.2 Å². The fourth-order valence-corrected chi connectivity index (χ4v) is 7.46. The molecule has 2 aliphatic heterocycles. The lowest BCUT2D eigenvalue weighted by Gasteiger charge is -2.41. The van der Waals surface area contributed by atoms with Crippen molar-refractivity contribution in [2.24, 2.45) is 0 Å². The predicted molar refractivity (Wildman–Crippen MR) is 202 cm³/mol. The third-order valence-electron chi connectivity index (χ3n) is 10.2. The van der Waals surface area contributed by atoms with Crippen molar-refractivity contribution in [3.63, 3.8) is 0 Å². The average molecular weight is 804 g/mol. The molecule has 0 saturated carbocycles. The number of aromatic nitrogens is 4. The van der Waals surface area contributed by atoms with E-state index >= 15 is 0 Å². The molecule has 2 aliphatic rings. The van der Waals surface area contributed by atoms with E-state index in [4.69, 9.17) is 0 Å². The largest absolute Gasteiger partial charge is 0.405 e. The van der Waals surface area contributed by atoms with Gasteiger partial charge in [-0.2, -0.15) is 13.2 Å². The van der Waals surface area contributed by atoms with Crippen LogP contribution in [-0.2, 0) is 19.6 Å². The zero-order valence-corrected chi connectivity index (χ0v) is 31.4. The number of hydrogen-bond donors (Lipinski definition) is 1. The van der Waals surface area contributed by atoms with Crippen LogP contribution >= 0.6 is 15.9 Å². The first-order valence-electron chi connectivity index (χ1n) is 17.5. The Balaban J connectivity index is 1.25. The fourth-order valence-electron chi connectivity index (χ4n) is 7.21. The van der Waals surface area contributed by atoms with E-state index in [1.165, 1.54) is 27.4 Å². The minimum Gasteiger partial charge on any atom is -0.368 e. The summed E-state index contributed by atoms with van der Waals surface area (Å²) < 4.78 is 45.1. The van der Waals surface area contributed by atoms with Gasteiger partial charge in [-0.05, 0) is 80.6 Å². The number of piperazine rings is 1. The number of aryl methyl sites for hydroxylation is 1. The van der Waals surface area contributed by atoms with Gasteiger partial charge in [-0.15, -0.1) is 0 Å². The summed E-state index contributed by atoms with van der Waals surface area (Å²) in [5.41, 5.74) is 4.57. The number of rotatable bonds is 7. The van der Waals surface area contributed by atoms with Gasteiger partial charge in [0.25, 0.3) is 11.8 Å². The van der Waals surface area contributed by atoms with Gasteiger partial charge >= 0.3 is 11.9 Å². The summed E-state index contributed by atoms with van der Waals surface area (Å²) in [6.07, 6.45) is -1.30. The molecule has 1 saturated heterocycles. The standard InChI is InChI=1S/C39H38BrF3N8O3/c1-24-18-26(8-13-31(24)40)37(53)49-21-33-35(36(52)45-19-27-6-4-5-7-30(27)32-14-15-44-23-46-32)51(38(54)50(33)20-25(49)2)29-11-9-28(10-12-29)48-17-16-47(3)34(22-48)39(41,42)43/h4-15,18,23,25,34H,16-17,19-22H2,1-3H3,(H,45,52)/t25-,34-/m0/s1. The van der Waals surface area contributed by atoms with Crippen molar-refractivity contribution < 1.29 is 22.8 Å². The van der Waals surface area contributed by atoms with Gasteiger partial charge in [-0.25, -0.2) is 14.8 Å². The molecule has 0 aliphatic carbocycles. The number of anilines is 1. The van der Waals surface area contributed by atoms with E-state index in [0.29, 0.717) is 34.9 Å². The predicted octanol–water partition coefficient (Wildman–Crippen LogP) is 5.82. The molecule has 280 valence electrons. The van der Waals surface area contributed by atoms with E-state index < -0.39 is 23.8 Å². The van der Waals surface area contributed by atoms with E-state index in [1.807, 2.05) is 44.2 Å². The van der Waals surface area contributed by atoms with Crippen molar-refractivity contribution in [2.45, 2.75) is 51.7 Å². The highest BCUT2D eigenvalue weighted by Crippen LogP contribution is 2.31. The molecule has 0 bridgehead atoms. The van der Waals surface area contributed by atoms with Gasteiger partial charge in [0.1, 0.15) is 18.1 Å². The molecule has 1 N–H and O–H groups in total. The first kappa shape index (κ1) is 37.1. The molecular formula is C39H38BrF3N8O3. The number of fused-ring (bicyclic) bond motifs is 1. The monoisotopic (exact) mass is 802 g/mol. The van der Waals surface area contributed by atoms with Gasteiger partial charge in [0.2, 0.25) is 0 Å². The van der Waals surface area contributed by atoms with Gasteiger partial charge < -0.3 is 15.1 Å². The number of amides is 2. The highest BCUT2D eigenvalue weighted by atomic mass is 79.9. The summed E-state index contributed by atoms with van der Waals surface area (Å²) in [7, 11) is 1.47. The molecule has 15 heteroatoms. The minimum atomic E-state index is -4.38. The maximum atomic E-state index is 14.4. The van der Waals surface area contributed by atoms with Crippen molar-refractivity contribution in [3.05, 3.63) is 128 Å². The third-order valence-corrected chi connectivity index (χ3v) is 11.1. The Morgan fingerprint density at radius 3 is 2.43 bits per heavy atom. The topological polar surface area (TPSA) is 109 Å². The molecule has 1 fully saturated rings. The summed E-state index contributed by atoms with van der Waals surface area (Å²) in [5.74, 6) is -0.765.